The van der Waals surface area contributed by atoms with Gasteiger partial charge in [-0.3, -0.25) is 9.59 Å². The molecule has 2 aromatic carbocycles. The summed E-state index contributed by atoms with van der Waals surface area (Å²) in [6.45, 7) is 1.69. The highest BCUT2D eigenvalue weighted by molar-refractivity contribution is 5.92. The molecule has 0 atom stereocenters. The molecule has 1 saturated heterocycles. The number of nitrogens with one attached hydrogen (secondary N) is 1. The van der Waals surface area contributed by atoms with Gasteiger partial charge < -0.3 is 19.7 Å². The maximum absolute atomic E-state index is 13.6. The van der Waals surface area contributed by atoms with Gasteiger partial charge in [0.05, 0.1) is 0 Å². The van der Waals surface area contributed by atoms with Gasteiger partial charge in [-0.25, -0.2) is 4.39 Å². The third-order valence-electron chi connectivity index (χ3n) is 5.64. The number of hydrogen-bond acceptors (Lipinski definition) is 4. The highest BCUT2D eigenvalue weighted by Gasteiger charge is 2.26. The zero-order valence-electron chi connectivity index (χ0n) is 17.2. The molecular formula is C24H25FN2O4. The van der Waals surface area contributed by atoms with E-state index in [9.17, 15) is 14.0 Å². The summed E-state index contributed by atoms with van der Waals surface area (Å²) in [4.78, 5) is 26.7. The van der Waals surface area contributed by atoms with Crippen LogP contribution < -0.4 is 14.8 Å². The molecule has 2 heterocycles. The van der Waals surface area contributed by atoms with Crippen LogP contribution in [-0.4, -0.2) is 43.1 Å². The fourth-order valence-electron chi connectivity index (χ4n) is 3.82. The van der Waals surface area contributed by atoms with Gasteiger partial charge in [0, 0.05) is 31.6 Å². The van der Waals surface area contributed by atoms with Gasteiger partial charge in [0.2, 0.25) is 18.6 Å². The first-order valence-corrected chi connectivity index (χ1v) is 10.5. The second-order valence-electron chi connectivity index (χ2n) is 7.68. The number of rotatable bonds is 6. The van der Waals surface area contributed by atoms with Crippen molar-refractivity contribution < 1.29 is 23.5 Å². The average Bonchev–Trinajstić information content (AvgIpc) is 3.27. The van der Waals surface area contributed by atoms with Crippen LogP contribution in [0.3, 0.4) is 0 Å². The smallest absolute Gasteiger partial charge is 0.246 e. The number of amides is 2. The van der Waals surface area contributed by atoms with Crippen LogP contribution >= 0.6 is 0 Å². The van der Waals surface area contributed by atoms with Crippen LogP contribution in [0.25, 0.3) is 6.08 Å². The summed E-state index contributed by atoms with van der Waals surface area (Å²) in [6, 6.07) is 12.1. The molecule has 7 heteroatoms. The maximum Gasteiger partial charge on any atom is 0.246 e. The molecule has 0 unspecified atom stereocenters. The first kappa shape index (κ1) is 20.9. The molecule has 0 saturated carbocycles. The summed E-state index contributed by atoms with van der Waals surface area (Å²) in [7, 11) is 0. The van der Waals surface area contributed by atoms with Gasteiger partial charge in [-0.15, -0.1) is 0 Å². The molecule has 2 aromatic rings. The van der Waals surface area contributed by atoms with Gasteiger partial charge in [0.25, 0.3) is 0 Å². The largest absolute Gasteiger partial charge is 0.454 e. The second kappa shape index (κ2) is 9.64. The van der Waals surface area contributed by atoms with Crippen LogP contribution in [0, 0.1) is 11.7 Å². The summed E-state index contributed by atoms with van der Waals surface area (Å²) in [5.41, 5.74) is 1.46. The minimum absolute atomic E-state index is 0.0284. The number of carbonyl (C=O) groups is 2. The van der Waals surface area contributed by atoms with Crippen molar-refractivity contribution in [3.8, 4) is 11.5 Å². The van der Waals surface area contributed by atoms with Crippen LogP contribution in [0.4, 0.5) is 4.39 Å². The molecule has 162 valence electrons. The van der Waals surface area contributed by atoms with Crippen molar-refractivity contribution in [1.82, 2.24) is 10.2 Å². The van der Waals surface area contributed by atoms with E-state index < -0.39 is 0 Å². The topological polar surface area (TPSA) is 67.9 Å². The van der Waals surface area contributed by atoms with Crippen LogP contribution in [0.2, 0.25) is 0 Å². The van der Waals surface area contributed by atoms with Gasteiger partial charge in [0.15, 0.2) is 11.5 Å². The highest BCUT2D eigenvalue weighted by atomic mass is 19.1. The lowest BCUT2D eigenvalue weighted by Crippen LogP contribution is -2.42. The van der Waals surface area contributed by atoms with Crippen molar-refractivity contribution in [2.24, 2.45) is 5.92 Å². The van der Waals surface area contributed by atoms with E-state index in [4.69, 9.17) is 9.47 Å². The number of carbonyl (C=O) groups excluding carboxylic acids is 2. The Balaban J connectivity index is 1.21. The number of fused-ring (bicyclic) bond motifs is 1. The van der Waals surface area contributed by atoms with Crippen molar-refractivity contribution in [3.63, 3.8) is 0 Å². The van der Waals surface area contributed by atoms with E-state index in [0.29, 0.717) is 56.0 Å². The summed E-state index contributed by atoms with van der Waals surface area (Å²) < 4.78 is 24.3. The van der Waals surface area contributed by atoms with Crippen molar-refractivity contribution in [1.29, 1.82) is 0 Å². The molecule has 0 spiro atoms. The molecule has 0 bridgehead atoms. The number of ether oxygens (including phenoxy) is 2. The van der Waals surface area contributed by atoms with E-state index >= 15 is 0 Å². The standard InChI is InChI=1S/C24H25FN2O4/c25-20-4-2-1-3-18(20)9-12-26-24(29)19-10-13-27(14-11-19)23(28)8-6-17-5-7-21-22(15-17)31-16-30-21/h1-8,15,19H,9-14,16H2,(H,26,29). The molecule has 0 radical (unpaired) electrons. The van der Waals surface area contributed by atoms with Gasteiger partial charge in [-0.2, -0.15) is 0 Å². The van der Waals surface area contributed by atoms with Crippen molar-refractivity contribution in [2.45, 2.75) is 19.3 Å². The van der Waals surface area contributed by atoms with Crippen LogP contribution in [-0.2, 0) is 16.0 Å². The van der Waals surface area contributed by atoms with Crippen LogP contribution in [0.5, 0.6) is 11.5 Å². The lowest BCUT2D eigenvalue weighted by Gasteiger charge is -2.30. The Morgan fingerprint density at radius 1 is 1.10 bits per heavy atom. The molecule has 2 aliphatic rings. The molecule has 0 aliphatic carbocycles. The zero-order valence-corrected chi connectivity index (χ0v) is 17.2. The summed E-state index contributed by atoms with van der Waals surface area (Å²) in [6.07, 6.45) is 5.00. The molecule has 6 nitrogen and oxygen atoms in total. The first-order valence-electron chi connectivity index (χ1n) is 10.5. The Labute approximate surface area is 180 Å². The van der Waals surface area contributed by atoms with Crippen molar-refractivity contribution in [2.75, 3.05) is 26.4 Å². The van der Waals surface area contributed by atoms with E-state index in [-0.39, 0.29) is 30.3 Å². The summed E-state index contributed by atoms with van der Waals surface area (Å²) in [5.74, 6) is 0.907. The Morgan fingerprint density at radius 2 is 1.87 bits per heavy atom. The van der Waals surface area contributed by atoms with E-state index in [1.807, 2.05) is 18.2 Å². The van der Waals surface area contributed by atoms with E-state index in [1.54, 1.807) is 35.3 Å². The molecule has 1 fully saturated rings. The number of likely N-dealkylation sites (tertiary alicyclic amines) is 1. The SMILES string of the molecule is O=C(NCCc1ccccc1F)C1CCN(C(=O)C=Cc2ccc3c(c2)OCO3)CC1. The third kappa shape index (κ3) is 5.23. The maximum atomic E-state index is 13.6. The van der Waals surface area contributed by atoms with Crippen LogP contribution in [0.15, 0.2) is 48.5 Å². The monoisotopic (exact) mass is 424 g/mol. The average molecular weight is 424 g/mol. The Hall–Kier alpha value is -3.35. The fourth-order valence-corrected chi connectivity index (χ4v) is 3.82. The van der Waals surface area contributed by atoms with Gasteiger partial charge >= 0.3 is 0 Å². The lowest BCUT2D eigenvalue weighted by atomic mass is 9.95. The normalized spacial score (nSPS) is 16.0. The molecular weight excluding hydrogens is 399 g/mol. The summed E-state index contributed by atoms with van der Waals surface area (Å²) >= 11 is 0. The van der Waals surface area contributed by atoms with E-state index in [1.165, 1.54) is 6.07 Å². The molecule has 1 N–H and O–H groups in total. The number of benzene rings is 2. The third-order valence-corrected chi connectivity index (χ3v) is 5.64. The predicted octanol–water partition coefficient (Wildman–Crippen LogP) is 3.17. The van der Waals surface area contributed by atoms with Gasteiger partial charge in [-0.05, 0) is 54.7 Å². The first-order chi connectivity index (χ1) is 15.1. The predicted molar refractivity (Wildman–Crippen MR) is 114 cm³/mol. The number of piperidine rings is 1. The second-order valence-corrected chi connectivity index (χ2v) is 7.68. The number of halogens is 1. The van der Waals surface area contributed by atoms with Crippen LogP contribution in [0.1, 0.15) is 24.0 Å². The highest BCUT2D eigenvalue weighted by Crippen LogP contribution is 2.32. The van der Waals surface area contributed by atoms with E-state index in [0.717, 1.165) is 5.56 Å². The molecule has 2 amide bonds. The van der Waals surface area contributed by atoms with Crippen molar-refractivity contribution in [3.05, 3.63) is 65.5 Å². The Morgan fingerprint density at radius 3 is 2.68 bits per heavy atom. The fraction of sp³-hybridized carbons (Fsp3) is 0.333. The number of hydrogen-bond donors (Lipinski definition) is 1. The van der Waals surface area contributed by atoms with Gasteiger partial charge in [-0.1, -0.05) is 24.3 Å². The number of nitrogens with zero attached hydrogens (tertiary/aromatic N) is 1. The molecule has 4 rings (SSSR count). The summed E-state index contributed by atoms with van der Waals surface area (Å²) in [5, 5.41) is 2.89. The molecule has 2 aliphatic heterocycles. The molecule has 31 heavy (non-hydrogen) atoms. The lowest BCUT2D eigenvalue weighted by molar-refractivity contribution is -0.132. The quantitative estimate of drug-likeness (QED) is 0.724. The Bertz CT molecular complexity index is 983. The van der Waals surface area contributed by atoms with Crippen molar-refractivity contribution >= 4 is 17.9 Å². The zero-order chi connectivity index (χ0) is 21.6. The minimum atomic E-state index is -0.252. The van der Waals surface area contributed by atoms with E-state index in [2.05, 4.69) is 5.32 Å². The minimum Gasteiger partial charge on any atom is -0.454 e. The molecule has 0 aromatic heterocycles. The Kier molecular flexibility index (Phi) is 6.50. The van der Waals surface area contributed by atoms with Gasteiger partial charge in [0.1, 0.15) is 5.82 Å².